The number of nitrogens with zero attached hydrogens (tertiary/aromatic N) is 1. The monoisotopic (exact) mass is 384 g/mol. The summed E-state index contributed by atoms with van der Waals surface area (Å²) in [5, 5.41) is 9.00. The van der Waals surface area contributed by atoms with E-state index in [1.165, 1.54) is 43.1 Å². The zero-order valence-corrected chi connectivity index (χ0v) is 16.5. The first-order valence-corrected chi connectivity index (χ1v) is 10.6. The van der Waals surface area contributed by atoms with Gasteiger partial charge < -0.3 is 10.1 Å². The first-order chi connectivity index (χ1) is 14.8. The number of hydrogen-bond acceptors (Lipinski definition) is 1. The summed E-state index contributed by atoms with van der Waals surface area (Å²) >= 11 is 0. The maximum atomic E-state index is 6.72. The predicted octanol–water partition coefficient (Wildman–Crippen LogP) is 5.44. The molecule has 30 heavy (non-hydrogen) atoms. The Morgan fingerprint density at radius 2 is 1.53 bits per heavy atom. The van der Waals surface area contributed by atoms with Gasteiger partial charge in [0.2, 0.25) is 0 Å². The molecule has 0 aliphatic heterocycles. The molecule has 0 unspecified atom stereocenters. The maximum absolute atomic E-state index is 6.72. The average Bonchev–Trinajstić information content (AvgIpc) is 3.31. The maximum Gasteiger partial charge on any atom is 0.0620 e. The molecule has 4 aromatic carbocycles. The molecule has 0 bridgehead atoms. The summed E-state index contributed by atoms with van der Waals surface area (Å²) in [4.78, 5) is 0. The predicted molar refractivity (Wildman–Crippen MR) is 128 cm³/mol. The standard InChI is InChI=1S/C28H20N2/c29-27-19(17-7-2-1-3-8-17)14-13-18-15-26-24(16-23(18)27)22-11-6-10-21-20-9-4-5-12-25(20)30(26)28(21)22/h1-3,6-16H,4-5,29H2. The van der Waals surface area contributed by atoms with Crippen molar-refractivity contribution in [3.8, 4) is 11.1 Å². The number of para-hydroxylation sites is 1. The van der Waals surface area contributed by atoms with E-state index in [2.05, 4.69) is 83.3 Å². The fraction of sp³-hybridized carbons (Fsp3) is 0.0714. The van der Waals surface area contributed by atoms with Crippen LogP contribution >= 0.6 is 0 Å². The second kappa shape index (κ2) is 5.64. The van der Waals surface area contributed by atoms with Crippen molar-refractivity contribution in [3.05, 3.63) is 83.4 Å². The summed E-state index contributed by atoms with van der Waals surface area (Å²) in [7, 11) is 0. The molecule has 1 aliphatic carbocycles. The Hall–Kier alpha value is -3.78. The van der Waals surface area contributed by atoms with E-state index in [-0.39, 0.29) is 0 Å². The Morgan fingerprint density at radius 3 is 2.43 bits per heavy atom. The minimum Gasteiger partial charge on any atom is -0.398 e. The lowest BCUT2D eigenvalue weighted by Crippen LogP contribution is -2.27. The normalized spacial score (nSPS) is 13.7. The Labute approximate surface area is 173 Å². The summed E-state index contributed by atoms with van der Waals surface area (Å²) in [6.45, 7) is 0. The van der Waals surface area contributed by atoms with Crippen LogP contribution in [0.15, 0.2) is 72.8 Å². The van der Waals surface area contributed by atoms with Crippen molar-refractivity contribution in [3.63, 3.8) is 0 Å². The number of aromatic nitrogens is 1. The molecule has 0 spiro atoms. The van der Waals surface area contributed by atoms with Crippen LogP contribution in [0.4, 0.5) is 5.69 Å². The Morgan fingerprint density at radius 1 is 0.700 bits per heavy atom. The molecule has 0 saturated heterocycles. The van der Waals surface area contributed by atoms with Crippen LogP contribution < -0.4 is 16.3 Å². The highest BCUT2D eigenvalue weighted by molar-refractivity contribution is 6.19. The number of nitrogen functional groups attached to an aromatic ring is 1. The summed E-state index contributed by atoms with van der Waals surface area (Å²) < 4.78 is 2.46. The van der Waals surface area contributed by atoms with E-state index >= 15 is 0 Å². The SMILES string of the molecule is Nc1c(-c2ccccc2)ccc2cc3c(cc12)c1cccc2c4c(n3c21)=CCCC=4. The fourth-order valence-electron chi connectivity index (χ4n) is 5.37. The van der Waals surface area contributed by atoms with Crippen LogP contribution in [0.5, 0.6) is 0 Å². The van der Waals surface area contributed by atoms with E-state index in [1.54, 1.807) is 0 Å². The van der Waals surface area contributed by atoms with E-state index in [0.29, 0.717) is 0 Å². The zero-order valence-electron chi connectivity index (χ0n) is 16.5. The molecular formula is C28H20N2. The summed E-state index contributed by atoms with van der Waals surface area (Å²) in [6, 6.07) is 26.1. The van der Waals surface area contributed by atoms with Gasteiger partial charge in [-0.05, 0) is 35.9 Å². The third-order valence-electron chi connectivity index (χ3n) is 6.71. The molecule has 0 fully saturated rings. The van der Waals surface area contributed by atoms with E-state index in [1.807, 2.05) is 6.07 Å². The van der Waals surface area contributed by atoms with Crippen molar-refractivity contribution in [2.75, 3.05) is 5.73 Å². The summed E-state index contributed by atoms with van der Waals surface area (Å²) in [6.07, 6.45) is 7.02. The number of benzene rings is 4. The van der Waals surface area contributed by atoms with Gasteiger partial charge in [0.15, 0.2) is 0 Å². The lowest BCUT2D eigenvalue weighted by molar-refractivity contribution is 1.08. The molecule has 2 nitrogen and oxygen atoms in total. The molecule has 2 heterocycles. The van der Waals surface area contributed by atoms with Crippen LogP contribution in [0.3, 0.4) is 0 Å². The average molecular weight is 384 g/mol. The van der Waals surface area contributed by atoms with E-state index in [0.717, 1.165) is 35.0 Å². The molecule has 0 radical (unpaired) electrons. The zero-order chi connectivity index (χ0) is 19.8. The third-order valence-corrected chi connectivity index (χ3v) is 6.71. The van der Waals surface area contributed by atoms with Gasteiger partial charge in [-0.3, -0.25) is 0 Å². The van der Waals surface area contributed by atoms with Gasteiger partial charge in [-0.1, -0.05) is 72.8 Å². The van der Waals surface area contributed by atoms with Gasteiger partial charge in [0.1, 0.15) is 0 Å². The van der Waals surface area contributed by atoms with E-state index in [4.69, 9.17) is 5.73 Å². The van der Waals surface area contributed by atoms with Crippen molar-refractivity contribution < 1.29 is 0 Å². The largest absolute Gasteiger partial charge is 0.398 e. The van der Waals surface area contributed by atoms with Crippen LogP contribution in [0, 0.1) is 0 Å². The number of anilines is 1. The number of hydrogen-bond donors (Lipinski definition) is 1. The van der Waals surface area contributed by atoms with Gasteiger partial charge >= 0.3 is 0 Å². The lowest BCUT2D eigenvalue weighted by Gasteiger charge is -2.10. The quantitative estimate of drug-likeness (QED) is 0.376. The van der Waals surface area contributed by atoms with Crippen LogP contribution in [-0.4, -0.2) is 4.40 Å². The lowest BCUT2D eigenvalue weighted by atomic mass is 9.97. The molecule has 142 valence electrons. The first kappa shape index (κ1) is 16.1. The number of fused-ring (bicyclic) bond motifs is 7. The van der Waals surface area contributed by atoms with Gasteiger partial charge in [-0.2, -0.15) is 0 Å². The molecule has 7 rings (SSSR count). The highest BCUT2D eigenvalue weighted by atomic mass is 14.9. The molecule has 0 amide bonds. The molecular weight excluding hydrogens is 364 g/mol. The molecule has 1 aliphatic rings. The molecule has 2 heteroatoms. The Kier molecular flexibility index (Phi) is 3.02. The second-order valence-corrected chi connectivity index (χ2v) is 8.30. The summed E-state index contributed by atoms with van der Waals surface area (Å²) in [5.41, 5.74) is 12.4. The third kappa shape index (κ3) is 1.93. The van der Waals surface area contributed by atoms with Gasteiger partial charge in [0, 0.05) is 43.4 Å². The Bertz CT molecular complexity index is 1740. The number of nitrogens with two attached hydrogens (primary N) is 1. The van der Waals surface area contributed by atoms with Gasteiger partial charge in [-0.15, -0.1) is 0 Å². The Balaban J connectivity index is 1.66. The van der Waals surface area contributed by atoms with Crippen molar-refractivity contribution in [2.24, 2.45) is 0 Å². The van der Waals surface area contributed by atoms with Crippen LogP contribution in [0.1, 0.15) is 12.8 Å². The van der Waals surface area contributed by atoms with Gasteiger partial charge in [-0.25, -0.2) is 0 Å². The van der Waals surface area contributed by atoms with Crippen LogP contribution in [0.25, 0.3) is 61.2 Å². The van der Waals surface area contributed by atoms with E-state index in [9.17, 15) is 0 Å². The minimum absolute atomic E-state index is 0.854. The first-order valence-electron chi connectivity index (χ1n) is 10.6. The summed E-state index contributed by atoms with van der Waals surface area (Å²) in [5.74, 6) is 0. The molecule has 2 aromatic heterocycles. The molecule has 2 N–H and O–H groups in total. The fourth-order valence-corrected chi connectivity index (χ4v) is 5.37. The minimum atomic E-state index is 0.854. The van der Waals surface area contributed by atoms with Gasteiger partial charge in [0.25, 0.3) is 0 Å². The highest BCUT2D eigenvalue weighted by Gasteiger charge is 2.17. The highest BCUT2D eigenvalue weighted by Crippen LogP contribution is 2.38. The molecule has 0 atom stereocenters. The second-order valence-electron chi connectivity index (χ2n) is 8.30. The van der Waals surface area contributed by atoms with Crippen molar-refractivity contribution in [2.45, 2.75) is 12.8 Å². The van der Waals surface area contributed by atoms with Crippen LogP contribution in [0.2, 0.25) is 0 Å². The van der Waals surface area contributed by atoms with Crippen molar-refractivity contribution in [1.29, 1.82) is 0 Å². The van der Waals surface area contributed by atoms with Crippen molar-refractivity contribution >= 4 is 55.8 Å². The smallest absolute Gasteiger partial charge is 0.0620 e. The van der Waals surface area contributed by atoms with Crippen LogP contribution in [-0.2, 0) is 0 Å². The number of rotatable bonds is 1. The topological polar surface area (TPSA) is 30.4 Å². The van der Waals surface area contributed by atoms with Gasteiger partial charge in [0.05, 0.1) is 11.0 Å². The van der Waals surface area contributed by atoms with Crippen molar-refractivity contribution in [1.82, 2.24) is 4.40 Å². The molecule has 6 aromatic rings. The van der Waals surface area contributed by atoms with E-state index < -0.39 is 0 Å². The molecule has 0 saturated carbocycles.